The van der Waals surface area contributed by atoms with Crippen LogP contribution in [0.4, 0.5) is 0 Å². The van der Waals surface area contributed by atoms with Gasteiger partial charge in [0, 0.05) is 6.07 Å². The summed E-state index contributed by atoms with van der Waals surface area (Å²) >= 11 is 0. The molecule has 0 aromatic heterocycles. The number of aryl methyl sites for hydroxylation is 1. The Morgan fingerprint density at radius 2 is 1.44 bits per heavy atom. The van der Waals surface area contributed by atoms with Gasteiger partial charge in [-0.3, -0.25) is 4.79 Å². The number of hydrogen-bond donors (Lipinski definition) is 1. The maximum Gasteiger partial charge on any atom is 0.307 e. The Morgan fingerprint density at radius 3 is 2.22 bits per heavy atom. The lowest BCUT2D eigenvalue weighted by atomic mass is 10.1. The minimum atomic E-state index is -0.863. The molecular weight excluding hydrogens is 340 g/mol. The van der Waals surface area contributed by atoms with Gasteiger partial charge >= 0.3 is 5.97 Å². The fourth-order valence-electron chi connectivity index (χ4n) is 2.77. The Hall–Kier alpha value is -3.27. The molecule has 1 N–H and O–H groups in total. The molecule has 0 radical (unpaired) electrons. The van der Waals surface area contributed by atoms with Crippen LogP contribution in [0.2, 0.25) is 0 Å². The third kappa shape index (κ3) is 6.19. The molecule has 0 aliphatic rings. The molecule has 4 heteroatoms. The van der Waals surface area contributed by atoms with Crippen LogP contribution in [0.5, 0.6) is 17.2 Å². The summed E-state index contributed by atoms with van der Waals surface area (Å²) in [5.41, 5.74) is 2.01. The third-order valence-corrected chi connectivity index (χ3v) is 4.02. The van der Waals surface area contributed by atoms with Crippen LogP contribution in [0.25, 0.3) is 0 Å². The number of carboxylic acid groups (broad SMARTS) is 1. The molecule has 0 atom stereocenters. The molecule has 0 unspecified atom stereocenters. The standard InChI is InChI=1S/C23H22O4/c24-23(25)16-19-9-4-12-21(15-19)27-22-13-5-11-20(17-22)26-14-6-10-18-7-2-1-3-8-18/h1-5,7-9,11-13,15,17H,6,10,14,16H2,(H,24,25). The summed E-state index contributed by atoms with van der Waals surface area (Å²) < 4.78 is 11.7. The molecule has 0 heterocycles. The van der Waals surface area contributed by atoms with E-state index < -0.39 is 5.97 Å². The van der Waals surface area contributed by atoms with Gasteiger partial charge < -0.3 is 14.6 Å². The summed E-state index contributed by atoms with van der Waals surface area (Å²) in [6, 6.07) is 24.9. The van der Waals surface area contributed by atoms with E-state index in [1.807, 2.05) is 42.5 Å². The van der Waals surface area contributed by atoms with Crippen LogP contribution in [0.3, 0.4) is 0 Å². The molecule has 0 amide bonds. The van der Waals surface area contributed by atoms with Crippen molar-refractivity contribution in [3.8, 4) is 17.2 Å². The van der Waals surface area contributed by atoms with Gasteiger partial charge in [0.15, 0.2) is 0 Å². The molecule has 138 valence electrons. The second-order valence-corrected chi connectivity index (χ2v) is 6.23. The van der Waals surface area contributed by atoms with Gasteiger partial charge in [-0.05, 0) is 48.2 Å². The highest BCUT2D eigenvalue weighted by molar-refractivity contribution is 5.70. The van der Waals surface area contributed by atoms with Crippen molar-refractivity contribution in [2.75, 3.05) is 6.61 Å². The molecule has 4 nitrogen and oxygen atoms in total. The molecule has 27 heavy (non-hydrogen) atoms. The van der Waals surface area contributed by atoms with E-state index in [9.17, 15) is 4.79 Å². The fraction of sp³-hybridized carbons (Fsp3) is 0.174. The minimum Gasteiger partial charge on any atom is -0.493 e. The largest absolute Gasteiger partial charge is 0.493 e. The van der Waals surface area contributed by atoms with E-state index >= 15 is 0 Å². The highest BCUT2D eigenvalue weighted by Gasteiger charge is 2.04. The first-order valence-corrected chi connectivity index (χ1v) is 8.94. The first-order chi connectivity index (χ1) is 13.2. The Balaban J connectivity index is 1.53. The van der Waals surface area contributed by atoms with Crippen molar-refractivity contribution in [3.63, 3.8) is 0 Å². The lowest BCUT2D eigenvalue weighted by Crippen LogP contribution is -2.00. The molecule has 0 saturated carbocycles. The predicted octanol–water partition coefficient (Wildman–Crippen LogP) is 5.12. The number of benzene rings is 3. The summed E-state index contributed by atoms with van der Waals surface area (Å²) in [7, 11) is 0. The van der Waals surface area contributed by atoms with Crippen molar-refractivity contribution >= 4 is 5.97 Å². The zero-order valence-corrected chi connectivity index (χ0v) is 15.0. The van der Waals surface area contributed by atoms with Gasteiger partial charge in [-0.1, -0.05) is 48.5 Å². The Bertz CT molecular complexity index is 874. The molecule has 0 fully saturated rings. The summed E-state index contributed by atoms with van der Waals surface area (Å²) in [6.45, 7) is 0.631. The molecule has 0 saturated heterocycles. The van der Waals surface area contributed by atoms with Gasteiger partial charge in [-0.25, -0.2) is 0 Å². The van der Waals surface area contributed by atoms with Gasteiger partial charge in [0.2, 0.25) is 0 Å². The maximum absolute atomic E-state index is 10.8. The number of carbonyl (C=O) groups is 1. The van der Waals surface area contributed by atoms with Crippen LogP contribution in [-0.4, -0.2) is 17.7 Å². The quantitative estimate of drug-likeness (QED) is 0.537. The summed E-state index contributed by atoms with van der Waals surface area (Å²) in [6.07, 6.45) is 1.89. The molecule has 0 bridgehead atoms. The van der Waals surface area contributed by atoms with Crippen molar-refractivity contribution in [2.45, 2.75) is 19.3 Å². The maximum atomic E-state index is 10.8. The topological polar surface area (TPSA) is 55.8 Å². The summed E-state index contributed by atoms with van der Waals surface area (Å²) in [4.78, 5) is 10.8. The average molecular weight is 362 g/mol. The highest BCUT2D eigenvalue weighted by atomic mass is 16.5. The predicted molar refractivity (Wildman–Crippen MR) is 105 cm³/mol. The number of hydrogen-bond acceptors (Lipinski definition) is 3. The second-order valence-electron chi connectivity index (χ2n) is 6.23. The zero-order chi connectivity index (χ0) is 18.9. The Kier molecular flexibility index (Phi) is 6.47. The lowest BCUT2D eigenvalue weighted by molar-refractivity contribution is -0.136. The smallest absolute Gasteiger partial charge is 0.307 e. The van der Waals surface area contributed by atoms with Crippen molar-refractivity contribution in [3.05, 3.63) is 90.0 Å². The molecule has 0 aliphatic carbocycles. The fourth-order valence-corrected chi connectivity index (χ4v) is 2.77. The molecule has 3 aromatic carbocycles. The van der Waals surface area contributed by atoms with E-state index in [-0.39, 0.29) is 6.42 Å². The van der Waals surface area contributed by atoms with Crippen molar-refractivity contribution < 1.29 is 19.4 Å². The van der Waals surface area contributed by atoms with Crippen LogP contribution in [-0.2, 0) is 17.6 Å². The summed E-state index contributed by atoms with van der Waals surface area (Å²) in [5.74, 6) is 1.15. The van der Waals surface area contributed by atoms with E-state index in [2.05, 4.69) is 12.1 Å². The van der Waals surface area contributed by atoms with Crippen LogP contribution < -0.4 is 9.47 Å². The van der Waals surface area contributed by atoms with E-state index in [1.165, 1.54) is 5.56 Å². The van der Waals surface area contributed by atoms with Gasteiger partial charge in [0.05, 0.1) is 13.0 Å². The van der Waals surface area contributed by atoms with Crippen molar-refractivity contribution in [1.29, 1.82) is 0 Å². The van der Waals surface area contributed by atoms with E-state index in [4.69, 9.17) is 14.6 Å². The van der Waals surface area contributed by atoms with E-state index in [0.717, 1.165) is 18.6 Å². The molecule has 3 rings (SSSR count). The highest BCUT2D eigenvalue weighted by Crippen LogP contribution is 2.26. The van der Waals surface area contributed by atoms with Crippen LogP contribution in [0, 0.1) is 0 Å². The number of ether oxygens (including phenoxy) is 2. The van der Waals surface area contributed by atoms with Crippen molar-refractivity contribution in [1.82, 2.24) is 0 Å². The van der Waals surface area contributed by atoms with Crippen molar-refractivity contribution in [2.24, 2.45) is 0 Å². The first-order valence-electron chi connectivity index (χ1n) is 8.94. The molecule has 3 aromatic rings. The third-order valence-electron chi connectivity index (χ3n) is 4.02. The average Bonchev–Trinajstić information content (AvgIpc) is 2.66. The van der Waals surface area contributed by atoms with E-state index in [0.29, 0.717) is 23.7 Å². The number of aliphatic carboxylic acids is 1. The monoisotopic (exact) mass is 362 g/mol. The van der Waals surface area contributed by atoms with Gasteiger partial charge in [0.1, 0.15) is 17.2 Å². The molecular formula is C23H22O4. The Labute approximate surface area is 159 Å². The van der Waals surface area contributed by atoms with Gasteiger partial charge in [0.25, 0.3) is 0 Å². The van der Waals surface area contributed by atoms with Crippen LogP contribution in [0.1, 0.15) is 17.5 Å². The second kappa shape index (κ2) is 9.43. The number of carboxylic acids is 1. The molecule has 0 spiro atoms. The summed E-state index contributed by atoms with van der Waals surface area (Å²) in [5, 5.41) is 8.90. The zero-order valence-electron chi connectivity index (χ0n) is 15.0. The van der Waals surface area contributed by atoms with Gasteiger partial charge in [-0.15, -0.1) is 0 Å². The normalized spacial score (nSPS) is 10.4. The molecule has 0 aliphatic heterocycles. The first kappa shape index (κ1) is 18.5. The minimum absolute atomic E-state index is 0.0260. The number of rotatable bonds is 9. The Morgan fingerprint density at radius 1 is 0.778 bits per heavy atom. The lowest BCUT2D eigenvalue weighted by Gasteiger charge is -2.10. The SMILES string of the molecule is O=C(O)Cc1cccc(Oc2cccc(OCCCc3ccccc3)c2)c1. The van der Waals surface area contributed by atoms with Crippen LogP contribution >= 0.6 is 0 Å². The van der Waals surface area contributed by atoms with Gasteiger partial charge in [-0.2, -0.15) is 0 Å². The van der Waals surface area contributed by atoms with E-state index in [1.54, 1.807) is 24.3 Å². The van der Waals surface area contributed by atoms with Crippen LogP contribution in [0.15, 0.2) is 78.9 Å².